The minimum absolute atomic E-state index is 0.265. The zero-order valence-corrected chi connectivity index (χ0v) is 16.1. The molecule has 0 N–H and O–H groups in total. The van der Waals surface area contributed by atoms with Crippen molar-refractivity contribution in [3.8, 4) is 0 Å². The van der Waals surface area contributed by atoms with Gasteiger partial charge in [-0.05, 0) is 17.9 Å². The molecule has 2 aromatic rings. The van der Waals surface area contributed by atoms with Crippen LogP contribution in [0, 0.1) is 0 Å². The third-order valence-electron chi connectivity index (χ3n) is 4.51. The van der Waals surface area contributed by atoms with Gasteiger partial charge in [0, 0.05) is 5.39 Å². The summed E-state index contributed by atoms with van der Waals surface area (Å²) in [5.41, 5.74) is 0. The molecule has 0 radical (unpaired) electrons. The fourth-order valence-corrected chi connectivity index (χ4v) is 4.22. The standard InChI is InChI=1S/C21H30O3S/c1-2-3-4-5-6-7-8-9-12-18-24-25(22,23)21-17-13-15-19-14-10-11-16-20(19)21/h10-11,13-17H,2-9,12,18H2,1H3. The Kier molecular flexibility index (Phi) is 8.42. The van der Waals surface area contributed by atoms with Gasteiger partial charge in [-0.1, -0.05) is 94.7 Å². The third kappa shape index (κ3) is 6.44. The molecule has 0 heterocycles. The highest BCUT2D eigenvalue weighted by Gasteiger charge is 2.17. The van der Waals surface area contributed by atoms with E-state index < -0.39 is 10.1 Å². The average molecular weight is 363 g/mol. The van der Waals surface area contributed by atoms with Crippen molar-refractivity contribution in [1.82, 2.24) is 0 Å². The summed E-state index contributed by atoms with van der Waals surface area (Å²) in [6, 6.07) is 12.8. The Morgan fingerprint density at radius 3 is 2.08 bits per heavy atom. The van der Waals surface area contributed by atoms with Gasteiger partial charge in [-0.2, -0.15) is 8.42 Å². The quantitative estimate of drug-likeness (QED) is 0.340. The smallest absolute Gasteiger partial charge is 0.266 e. The van der Waals surface area contributed by atoms with E-state index in [0.717, 1.165) is 30.0 Å². The molecule has 0 aromatic heterocycles. The van der Waals surface area contributed by atoms with Gasteiger partial charge in [0.1, 0.15) is 4.90 Å². The summed E-state index contributed by atoms with van der Waals surface area (Å²) in [5.74, 6) is 0. The maximum absolute atomic E-state index is 12.5. The Hall–Kier alpha value is -1.39. The van der Waals surface area contributed by atoms with Crippen LogP contribution in [0.25, 0.3) is 10.8 Å². The van der Waals surface area contributed by atoms with Crippen molar-refractivity contribution in [2.45, 2.75) is 69.6 Å². The second-order valence-electron chi connectivity index (χ2n) is 6.58. The highest BCUT2D eigenvalue weighted by Crippen LogP contribution is 2.24. The Bertz CT molecular complexity index is 732. The van der Waals surface area contributed by atoms with Crippen LogP contribution in [-0.2, 0) is 14.3 Å². The topological polar surface area (TPSA) is 43.4 Å². The summed E-state index contributed by atoms with van der Waals surface area (Å²) in [5, 5.41) is 1.63. The molecule has 0 saturated carbocycles. The molecule has 0 aliphatic rings. The van der Waals surface area contributed by atoms with Crippen molar-refractivity contribution in [2.24, 2.45) is 0 Å². The van der Waals surface area contributed by atoms with Crippen LogP contribution in [0.3, 0.4) is 0 Å². The molecule has 3 nitrogen and oxygen atoms in total. The molecular weight excluding hydrogens is 332 g/mol. The van der Waals surface area contributed by atoms with E-state index >= 15 is 0 Å². The molecule has 0 unspecified atom stereocenters. The number of rotatable bonds is 12. The number of hydrogen-bond acceptors (Lipinski definition) is 3. The summed E-state index contributed by atoms with van der Waals surface area (Å²) in [6.07, 6.45) is 10.8. The summed E-state index contributed by atoms with van der Waals surface area (Å²) >= 11 is 0. The zero-order valence-electron chi connectivity index (χ0n) is 15.2. The van der Waals surface area contributed by atoms with E-state index in [-0.39, 0.29) is 11.5 Å². The average Bonchev–Trinajstić information content (AvgIpc) is 2.62. The van der Waals surface area contributed by atoms with E-state index in [9.17, 15) is 8.42 Å². The van der Waals surface area contributed by atoms with Gasteiger partial charge in [0.05, 0.1) is 6.61 Å². The Labute approximate surface area is 152 Å². The van der Waals surface area contributed by atoms with Crippen molar-refractivity contribution in [3.63, 3.8) is 0 Å². The lowest BCUT2D eigenvalue weighted by Crippen LogP contribution is -2.08. The maximum Gasteiger partial charge on any atom is 0.297 e. The summed E-state index contributed by atoms with van der Waals surface area (Å²) in [6.45, 7) is 2.49. The minimum atomic E-state index is -3.69. The lowest BCUT2D eigenvalue weighted by atomic mass is 10.1. The lowest BCUT2D eigenvalue weighted by Gasteiger charge is -2.08. The lowest BCUT2D eigenvalue weighted by molar-refractivity contribution is 0.306. The molecule has 0 aliphatic heterocycles. The molecule has 2 aromatic carbocycles. The second-order valence-corrected chi connectivity index (χ2v) is 8.17. The molecule has 2 rings (SSSR count). The number of benzene rings is 2. The van der Waals surface area contributed by atoms with Gasteiger partial charge >= 0.3 is 0 Å². The van der Waals surface area contributed by atoms with Crippen molar-refractivity contribution in [3.05, 3.63) is 42.5 Å². The monoisotopic (exact) mass is 362 g/mol. The molecule has 4 heteroatoms. The van der Waals surface area contributed by atoms with Gasteiger partial charge < -0.3 is 0 Å². The first-order valence-corrected chi connectivity index (χ1v) is 10.9. The van der Waals surface area contributed by atoms with Crippen molar-refractivity contribution in [2.75, 3.05) is 6.61 Å². The molecule has 0 spiro atoms. The fourth-order valence-electron chi connectivity index (χ4n) is 3.06. The molecule has 0 atom stereocenters. The predicted octanol–water partition coefficient (Wildman–Crippen LogP) is 6.08. The highest BCUT2D eigenvalue weighted by molar-refractivity contribution is 7.87. The van der Waals surface area contributed by atoms with Gasteiger partial charge in [0.2, 0.25) is 0 Å². The fraction of sp³-hybridized carbons (Fsp3) is 0.524. The molecule has 0 aliphatic carbocycles. The van der Waals surface area contributed by atoms with Crippen LogP contribution in [0.2, 0.25) is 0 Å². The molecular formula is C21H30O3S. The minimum Gasteiger partial charge on any atom is -0.266 e. The zero-order chi connectivity index (χ0) is 18.0. The molecule has 0 bridgehead atoms. The van der Waals surface area contributed by atoms with Crippen LogP contribution >= 0.6 is 0 Å². The van der Waals surface area contributed by atoms with E-state index in [1.807, 2.05) is 30.3 Å². The normalized spacial score (nSPS) is 11.9. The van der Waals surface area contributed by atoms with E-state index in [4.69, 9.17) is 4.18 Å². The van der Waals surface area contributed by atoms with Crippen LogP contribution in [0.5, 0.6) is 0 Å². The van der Waals surface area contributed by atoms with Gasteiger partial charge in [-0.3, -0.25) is 4.18 Å². The maximum atomic E-state index is 12.5. The van der Waals surface area contributed by atoms with Gasteiger partial charge in [-0.15, -0.1) is 0 Å². The summed E-state index contributed by atoms with van der Waals surface area (Å²) in [7, 11) is -3.69. The largest absolute Gasteiger partial charge is 0.297 e. The second kappa shape index (κ2) is 10.6. The Morgan fingerprint density at radius 1 is 0.760 bits per heavy atom. The number of hydrogen-bond donors (Lipinski definition) is 0. The van der Waals surface area contributed by atoms with Gasteiger partial charge in [0.25, 0.3) is 10.1 Å². The SMILES string of the molecule is CCCCCCCCCCCOS(=O)(=O)c1cccc2ccccc12. The van der Waals surface area contributed by atoms with Crippen LogP contribution < -0.4 is 0 Å². The Balaban J connectivity index is 1.73. The molecule has 0 saturated heterocycles. The number of unbranched alkanes of at least 4 members (excludes halogenated alkanes) is 8. The Morgan fingerprint density at radius 2 is 1.36 bits per heavy atom. The molecule has 25 heavy (non-hydrogen) atoms. The number of fused-ring (bicyclic) bond motifs is 1. The summed E-state index contributed by atoms with van der Waals surface area (Å²) < 4.78 is 30.2. The first kappa shape index (κ1) is 19.9. The van der Waals surface area contributed by atoms with Crippen LogP contribution in [0.15, 0.2) is 47.4 Å². The molecule has 138 valence electrons. The molecule has 0 amide bonds. The van der Waals surface area contributed by atoms with Crippen LogP contribution in [0.4, 0.5) is 0 Å². The van der Waals surface area contributed by atoms with E-state index in [0.29, 0.717) is 0 Å². The first-order valence-electron chi connectivity index (χ1n) is 9.52. The summed E-state index contributed by atoms with van der Waals surface area (Å²) in [4.78, 5) is 0.265. The third-order valence-corrected chi connectivity index (χ3v) is 5.88. The van der Waals surface area contributed by atoms with Crippen molar-refractivity contribution < 1.29 is 12.6 Å². The highest BCUT2D eigenvalue weighted by atomic mass is 32.2. The first-order chi connectivity index (χ1) is 12.1. The van der Waals surface area contributed by atoms with Crippen LogP contribution in [0.1, 0.15) is 64.7 Å². The van der Waals surface area contributed by atoms with E-state index in [2.05, 4.69) is 6.92 Å². The van der Waals surface area contributed by atoms with Crippen molar-refractivity contribution >= 4 is 20.9 Å². The molecule has 0 fully saturated rings. The van der Waals surface area contributed by atoms with Crippen LogP contribution in [-0.4, -0.2) is 15.0 Å². The van der Waals surface area contributed by atoms with Gasteiger partial charge in [0.15, 0.2) is 0 Å². The van der Waals surface area contributed by atoms with E-state index in [1.165, 1.54) is 38.5 Å². The van der Waals surface area contributed by atoms with Crippen molar-refractivity contribution in [1.29, 1.82) is 0 Å². The van der Waals surface area contributed by atoms with E-state index in [1.54, 1.807) is 12.1 Å². The predicted molar refractivity (Wildman–Crippen MR) is 104 cm³/mol. The van der Waals surface area contributed by atoms with Gasteiger partial charge in [-0.25, -0.2) is 0 Å².